The second-order valence-electron chi connectivity index (χ2n) is 7.96. The van der Waals surface area contributed by atoms with Gasteiger partial charge in [0, 0.05) is 23.8 Å². The Labute approximate surface area is 172 Å². The molecule has 2 aliphatic rings. The van der Waals surface area contributed by atoms with Gasteiger partial charge in [-0.1, -0.05) is 24.3 Å². The number of carbonyl (C=O) groups is 1. The number of hydrogen-bond acceptors (Lipinski definition) is 5. The number of fused-ring (bicyclic) bond motifs is 1. The molecular weight excluding hydrogens is 388 g/mol. The van der Waals surface area contributed by atoms with Gasteiger partial charge in [-0.05, 0) is 43.2 Å². The van der Waals surface area contributed by atoms with Crippen LogP contribution in [0.3, 0.4) is 0 Å². The number of ether oxygens (including phenoxy) is 1. The van der Waals surface area contributed by atoms with E-state index in [9.17, 15) is 13.2 Å². The van der Waals surface area contributed by atoms with Crippen LogP contribution in [0, 0.1) is 13.8 Å². The van der Waals surface area contributed by atoms with E-state index in [1.165, 1.54) is 0 Å². The maximum atomic E-state index is 13.2. The molecule has 0 spiro atoms. The molecule has 29 heavy (non-hydrogen) atoms. The van der Waals surface area contributed by atoms with Gasteiger partial charge in [0.25, 0.3) is 0 Å². The second kappa shape index (κ2) is 7.46. The van der Waals surface area contributed by atoms with Gasteiger partial charge in [0.15, 0.2) is 9.84 Å². The highest BCUT2D eigenvalue weighted by Gasteiger charge is 2.49. The van der Waals surface area contributed by atoms with Crippen LogP contribution >= 0.6 is 0 Å². The van der Waals surface area contributed by atoms with Crippen molar-refractivity contribution < 1.29 is 17.9 Å². The Hall–Kier alpha value is -2.38. The molecule has 0 N–H and O–H groups in total. The number of benzene rings is 2. The van der Waals surface area contributed by atoms with Gasteiger partial charge >= 0.3 is 0 Å². The molecule has 2 aliphatic heterocycles. The number of hydrogen-bond donors (Lipinski definition) is 0. The standard InChI is InChI=1S/C22H26N2O4S/c1-15-8-9-18(10-16(15)2)24-20-14-29(26,27)13-19(20)23(12-22(24)25)11-17-6-4-5-7-21(17)28-3/h4-10,19-20H,11-14H2,1-3H3/t19-,20+/m0/s1. The molecule has 0 bridgehead atoms. The van der Waals surface area contributed by atoms with Crippen molar-refractivity contribution in [1.29, 1.82) is 0 Å². The second-order valence-corrected chi connectivity index (χ2v) is 10.1. The zero-order valence-electron chi connectivity index (χ0n) is 17.0. The fourth-order valence-corrected chi connectivity index (χ4v) is 6.38. The largest absolute Gasteiger partial charge is 0.496 e. The van der Waals surface area contributed by atoms with Gasteiger partial charge in [-0.3, -0.25) is 9.69 Å². The SMILES string of the molecule is COc1ccccc1CN1CC(=O)N(c2ccc(C)c(C)c2)[C@@H]2CS(=O)(=O)C[C@@H]21. The van der Waals surface area contributed by atoms with Crippen molar-refractivity contribution in [2.24, 2.45) is 0 Å². The Morgan fingerprint density at radius 3 is 2.48 bits per heavy atom. The molecule has 2 saturated heterocycles. The summed E-state index contributed by atoms with van der Waals surface area (Å²) in [5.41, 5.74) is 3.96. The summed E-state index contributed by atoms with van der Waals surface area (Å²) in [6, 6.07) is 12.9. The van der Waals surface area contributed by atoms with Crippen LogP contribution in [-0.2, 0) is 21.2 Å². The van der Waals surface area contributed by atoms with E-state index < -0.39 is 9.84 Å². The Bertz CT molecular complexity index is 1050. The van der Waals surface area contributed by atoms with Crippen molar-refractivity contribution in [3.05, 3.63) is 59.2 Å². The lowest BCUT2D eigenvalue weighted by atomic mass is 10.0. The number of nitrogens with zero attached hydrogens (tertiary/aromatic N) is 2. The summed E-state index contributed by atoms with van der Waals surface area (Å²) in [4.78, 5) is 16.9. The summed E-state index contributed by atoms with van der Waals surface area (Å²) in [5, 5.41) is 0. The molecule has 0 radical (unpaired) electrons. The molecular formula is C22H26N2O4S. The lowest BCUT2D eigenvalue weighted by Gasteiger charge is -2.43. The van der Waals surface area contributed by atoms with E-state index in [4.69, 9.17) is 4.74 Å². The number of methoxy groups -OCH3 is 1. The van der Waals surface area contributed by atoms with Gasteiger partial charge < -0.3 is 9.64 Å². The average molecular weight is 415 g/mol. The number of carbonyl (C=O) groups excluding carboxylic acids is 1. The van der Waals surface area contributed by atoms with Crippen LogP contribution in [0.1, 0.15) is 16.7 Å². The number of rotatable bonds is 4. The fraction of sp³-hybridized carbons (Fsp3) is 0.409. The van der Waals surface area contributed by atoms with E-state index in [0.29, 0.717) is 6.54 Å². The van der Waals surface area contributed by atoms with Gasteiger partial charge in [-0.2, -0.15) is 0 Å². The molecule has 0 aliphatic carbocycles. The van der Waals surface area contributed by atoms with Crippen LogP contribution < -0.4 is 9.64 Å². The highest BCUT2D eigenvalue weighted by atomic mass is 32.2. The number of para-hydroxylation sites is 1. The first-order chi connectivity index (χ1) is 13.8. The Morgan fingerprint density at radius 2 is 1.76 bits per heavy atom. The van der Waals surface area contributed by atoms with Gasteiger partial charge in [-0.25, -0.2) is 8.42 Å². The Morgan fingerprint density at radius 1 is 1.03 bits per heavy atom. The van der Waals surface area contributed by atoms with E-state index in [-0.39, 0.29) is 36.0 Å². The zero-order valence-corrected chi connectivity index (χ0v) is 17.8. The molecule has 7 heteroatoms. The quantitative estimate of drug-likeness (QED) is 0.768. The molecule has 154 valence electrons. The van der Waals surface area contributed by atoms with Crippen LogP contribution in [0.2, 0.25) is 0 Å². The number of amides is 1. The average Bonchev–Trinajstić information content (AvgIpc) is 3.00. The van der Waals surface area contributed by atoms with Crippen molar-refractivity contribution in [2.45, 2.75) is 32.5 Å². The van der Waals surface area contributed by atoms with Gasteiger partial charge in [-0.15, -0.1) is 0 Å². The fourth-order valence-electron chi connectivity index (χ4n) is 4.39. The van der Waals surface area contributed by atoms with Crippen molar-refractivity contribution in [1.82, 2.24) is 4.90 Å². The zero-order chi connectivity index (χ0) is 20.8. The minimum atomic E-state index is -3.22. The van der Waals surface area contributed by atoms with Crippen molar-refractivity contribution in [2.75, 3.05) is 30.1 Å². The minimum absolute atomic E-state index is 0.00123. The third-order valence-electron chi connectivity index (χ3n) is 6.04. The number of anilines is 1. The van der Waals surface area contributed by atoms with E-state index >= 15 is 0 Å². The normalized spacial score (nSPS) is 23.8. The van der Waals surface area contributed by atoms with Gasteiger partial charge in [0.1, 0.15) is 5.75 Å². The highest BCUT2D eigenvalue weighted by molar-refractivity contribution is 7.91. The van der Waals surface area contributed by atoms with Gasteiger partial charge in [0.2, 0.25) is 5.91 Å². The monoisotopic (exact) mass is 414 g/mol. The highest BCUT2D eigenvalue weighted by Crippen LogP contribution is 2.34. The van der Waals surface area contributed by atoms with Crippen molar-refractivity contribution in [3.63, 3.8) is 0 Å². The summed E-state index contributed by atoms with van der Waals surface area (Å²) >= 11 is 0. The maximum Gasteiger partial charge on any atom is 0.241 e. The summed E-state index contributed by atoms with van der Waals surface area (Å²) in [7, 11) is -1.60. The topological polar surface area (TPSA) is 66.9 Å². The van der Waals surface area contributed by atoms with E-state index in [1.807, 2.05) is 61.2 Å². The number of sulfone groups is 1. The van der Waals surface area contributed by atoms with Crippen LogP contribution in [0.4, 0.5) is 5.69 Å². The lowest BCUT2D eigenvalue weighted by Crippen LogP contribution is -2.61. The first kappa shape index (κ1) is 19.9. The molecule has 2 atom stereocenters. The summed E-state index contributed by atoms with van der Waals surface area (Å²) in [6.07, 6.45) is 0. The third-order valence-corrected chi connectivity index (χ3v) is 7.73. The molecule has 2 heterocycles. The first-order valence-corrected chi connectivity index (χ1v) is 11.6. The number of aryl methyl sites for hydroxylation is 2. The predicted molar refractivity (Wildman–Crippen MR) is 113 cm³/mol. The molecule has 0 saturated carbocycles. The Balaban J connectivity index is 1.69. The van der Waals surface area contributed by atoms with Crippen LogP contribution in [-0.4, -0.2) is 56.5 Å². The molecule has 0 unspecified atom stereocenters. The molecule has 1 amide bonds. The van der Waals surface area contributed by atoms with Crippen molar-refractivity contribution >= 4 is 21.4 Å². The third kappa shape index (κ3) is 3.76. The van der Waals surface area contributed by atoms with Gasteiger partial charge in [0.05, 0.1) is 31.2 Å². The lowest BCUT2D eigenvalue weighted by molar-refractivity contribution is -0.123. The molecule has 0 aromatic heterocycles. The van der Waals surface area contributed by atoms with Crippen LogP contribution in [0.25, 0.3) is 0 Å². The molecule has 6 nitrogen and oxygen atoms in total. The van der Waals surface area contributed by atoms with Crippen LogP contribution in [0.5, 0.6) is 5.75 Å². The summed E-state index contributed by atoms with van der Waals surface area (Å²) < 4.78 is 30.5. The predicted octanol–water partition coefficient (Wildman–Crippen LogP) is 2.33. The molecule has 2 aromatic carbocycles. The van der Waals surface area contributed by atoms with Crippen molar-refractivity contribution in [3.8, 4) is 5.75 Å². The smallest absolute Gasteiger partial charge is 0.241 e. The van der Waals surface area contributed by atoms with E-state index in [2.05, 4.69) is 0 Å². The minimum Gasteiger partial charge on any atom is -0.496 e. The molecule has 2 aromatic rings. The molecule has 2 fully saturated rings. The maximum absolute atomic E-state index is 13.2. The summed E-state index contributed by atoms with van der Waals surface area (Å²) in [5.74, 6) is 0.746. The number of piperazine rings is 1. The molecule has 4 rings (SSSR count). The van der Waals surface area contributed by atoms with Crippen LogP contribution in [0.15, 0.2) is 42.5 Å². The Kier molecular flexibility index (Phi) is 5.12. The van der Waals surface area contributed by atoms with E-state index in [1.54, 1.807) is 12.0 Å². The van der Waals surface area contributed by atoms with E-state index in [0.717, 1.165) is 28.1 Å². The summed E-state index contributed by atoms with van der Waals surface area (Å²) in [6.45, 7) is 4.69. The first-order valence-electron chi connectivity index (χ1n) is 9.75.